The topological polar surface area (TPSA) is 57.5 Å². The first-order valence-electron chi connectivity index (χ1n) is 7.17. The van der Waals surface area contributed by atoms with E-state index < -0.39 is 16.4 Å². The van der Waals surface area contributed by atoms with Gasteiger partial charge in [-0.05, 0) is 66.0 Å². The molecule has 0 aliphatic rings. The number of benzene rings is 1. The largest absolute Gasteiger partial charge is 0.508 e. The van der Waals surface area contributed by atoms with Gasteiger partial charge in [0.15, 0.2) is 0 Å². The van der Waals surface area contributed by atoms with Crippen LogP contribution < -0.4 is 0 Å². The monoisotopic (exact) mass is 424 g/mol. The molecule has 5 heteroatoms. The summed E-state index contributed by atoms with van der Waals surface area (Å²) in [5, 5.41) is 20.9. The number of hydrogen-bond donors (Lipinski definition) is 2. The van der Waals surface area contributed by atoms with E-state index in [1.807, 2.05) is 6.07 Å². The molecule has 0 heterocycles. The summed E-state index contributed by atoms with van der Waals surface area (Å²) < 4.78 is 12.3. The van der Waals surface area contributed by atoms with Gasteiger partial charge in [0.25, 0.3) is 0 Å². The van der Waals surface area contributed by atoms with Crippen molar-refractivity contribution in [1.82, 2.24) is 0 Å². The molecule has 1 aromatic carbocycles. The van der Waals surface area contributed by atoms with Crippen molar-refractivity contribution in [2.24, 2.45) is 5.92 Å². The van der Waals surface area contributed by atoms with Crippen molar-refractivity contribution < 1.29 is 14.4 Å². The molecule has 3 nitrogen and oxygen atoms in total. The first-order valence-corrected chi connectivity index (χ1v) is 9.98. The molecule has 0 aromatic heterocycles. The fourth-order valence-corrected chi connectivity index (χ4v) is 3.95. The highest BCUT2D eigenvalue weighted by Crippen LogP contribution is 2.36. The van der Waals surface area contributed by atoms with Crippen LogP contribution >= 0.6 is 22.6 Å². The van der Waals surface area contributed by atoms with E-state index in [4.69, 9.17) is 0 Å². The van der Waals surface area contributed by atoms with Crippen LogP contribution in [0.4, 0.5) is 0 Å². The van der Waals surface area contributed by atoms with Crippen LogP contribution in [0.15, 0.2) is 12.1 Å². The Kier molecular flexibility index (Phi) is 7.13. The summed E-state index contributed by atoms with van der Waals surface area (Å²) in [5.74, 6) is 1.11. The lowest BCUT2D eigenvalue weighted by Gasteiger charge is -2.26. The minimum atomic E-state index is -1.04. The van der Waals surface area contributed by atoms with E-state index >= 15 is 0 Å². The zero-order chi connectivity index (χ0) is 16.2. The lowest BCUT2D eigenvalue weighted by molar-refractivity contribution is 0.0417. The first kappa shape index (κ1) is 18.9. The summed E-state index contributed by atoms with van der Waals surface area (Å²) in [5.41, 5.74) is 0.375. The second-order valence-electron chi connectivity index (χ2n) is 6.24. The van der Waals surface area contributed by atoms with Gasteiger partial charge < -0.3 is 10.2 Å². The first-order chi connectivity index (χ1) is 9.63. The Bertz CT molecular complexity index is 512. The predicted octanol–water partition coefficient (Wildman–Crippen LogP) is 3.91. The molecular formula is C16H25IO3S. The van der Waals surface area contributed by atoms with Gasteiger partial charge in [-0.15, -0.1) is 0 Å². The van der Waals surface area contributed by atoms with Crippen molar-refractivity contribution in [3.8, 4) is 5.75 Å². The van der Waals surface area contributed by atoms with Crippen molar-refractivity contribution in [1.29, 1.82) is 0 Å². The van der Waals surface area contributed by atoms with Gasteiger partial charge in [0, 0.05) is 31.9 Å². The third kappa shape index (κ3) is 5.87. The highest BCUT2D eigenvalue weighted by molar-refractivity contribution is 14.1. The molecule has 0 fully saturated rings. The van der Waals surface area contributed by atoms with Crippen molar-refractivity contribution in [2.75, 3.05) is 6.26 Å². The Morgan fingerprint density at radius 1 is 1.38 bits per heavy atom. The molecule has 1 rings (SSSR count). The standard InChI is InChI=1S/C16H25IO3S/c1-11(2)6-5-7-16(3,19)13-9-14(17)12(8-15(13)18)10-21(4)20/h8-9,11,18-19H,5-7,10H2,1-4H3/t16-,21?/m0/s1. The Hall–Kier alpha value is -0.140. The van der Waals surface area contributed by atoms with E-state index in [9.17, 15) is 14.4 Å². The summed E-state index contributed by atoms with van der Waals surface area (Å²) in [6.45, 7) is 6.07. The molecule has 0 aliphatic carbocycles. The Balaban J connectivity index is 2.96. The zero-order valence-corrected chi connectivity index (χ0v) is 16.1. The Labute approximate surface area is 143 Å². The maximum absolute atomic E-state index is 11.3. The molecule has 0 bridgehead atoms. The molecule has 0 saturated carbocycles. The molecule has 0 amide bonds. The Morgan fingerprint density at radius 2 is 2.00 bits per heavy atom. The molecular weight excluding hydrogens is 399 g/mol. The van der Waals surface area contributed by atoms with E-state index in [2.05, 4.69) is 36.4 Å². The molecule has 1 unspecified atom stereocenters. The fraction of sp³-hybridized carbons (Fsp3) is 0.625. The predicted molar refractivity (Wildman–Crippen MR) is 96.9 cm³/mol. The van der Waals surface area contributed by atoms with Gasteiger partial charge in [-0.2, -0.15) is 0 Å². The van der Waals surface area contributed by atoms with Gasteiger partial charge in [-0.1, -0.05) is 20.3 Å². The molecule has 21 heavy (non-hydrogen) atoms. The maximum atomic E-state index is 11.3. The summed E-state index contributed by atoms with van der Waals surface area (Å²) in [7, 11) is -0.951. The van der Waals surface area contributed by atoms with Crippen LogP contribution in [0.3, 0.4) is 0 Å². The van der Waals surface area contributed by atoms with Crippen LogP contribution in [0.25, 0.3) is 0 Å². The molecule has 120 valence electrons. The van der Waals surface area contributed by atoms with Crippen LogP contribution in [-0.4, -0.2) is 20.7 Å². The molecule has 2 N–H and O–H groups in total. The van der Waals surface area contributed by atoms with Crippen LogP contribution in [0, 0.1) is 9.49 Å². The van der Waals surface area contributed by atoms with Crippen molar-refractivity contribution in [3.63, 3.8) is 0 Å². The summed E-state index contributed by atoms with van der Waals surface area (Å²) in [6.07, 6.45) is 4.24. The van der Waals surface area contributed by atoms with Gasteiger partial charge in [-0.3, -0.25) is 4.21 Å². The Morgan fingerprint density at radius 3 is 2.52 bits per heavy atom. The lowest BCUT2D eigenvalue weighted by Crippen LogP contribution is -2.22. The molecule has 0 radical (unpaired) electrons. The normalized spacial score (nSPS) is 16.0. The number of aliphatic hydroxyl groups is 1. The highest BCUT2D eigenvalue weighted by Gasteiger charge is 2.27. The van der Waals surface area contributed by atoms with Crippen LogP contribution in [0.2, 0.25) is 0 Å². The third-order valence-electron chi connectivity index (χ3n) is 3.55. The van der Waals surface area contributed by atoms with Crippen LogP contribution in [0.5, 0.6) is 5.75 Å². The van der Waals surface area contributed by atoms with E-state index in [0.29, 0.717) is 23.7 Å². The second-order valence-corrected chi connectivity index (χ2v) is 8.84. The van der Waals surface area contributed by atoms with Gasteiger partial charge in [0.2, 0.25) is 0 Å². The van der Waals surface area contributed by atoms with Gasteiger partial charge >= 0.3 is 0 Å². The minimum absolute atomic E-state index is 0.0883. The van der Waals surface area contributed by atoms with E-state index in [1.54, 1.807) is 19.2 Å². The second kappa shape index (κ2) is 7.92. The highest BCUT2D eigenvalue weighted by atomic mass is 127. The number of hydrogen-bond acceptors (Lipinski definition) is 3. The zero-order valence-electron chi connectivity index (χ0n) is 13.1. The van der Waals surface area contributed by atoms with Crippen molar-refractivity contribution >= 4 is 33.4 Å². The smallest absolute Gasteiger partial charge is 0.122 e. The molecule has 0 saturated heterocycles. The van der Waals surface area contributed by atoms with E-state index in [-0.39, 0.29) is 5.75 Å². The summed E-state index contributed by atoms with van der Waals surface area (Å²) in [4.78, 5) is 0. The average Bonchev–Trinajstić information content (AvgIpc) is 2.31. The molecule has 0 aliphatic heterocycles. The number of rotatable bonds is 7. The number of aromatic hydroxyl groups is 1. The van der Waals surface area contributed by atoms with E-state index in [1.165, 1.54) is 0 Å². The summed E-state index contributed by atoms with van der Waals surface area (Å²) in [6, 6.07) is 3.45. The number of phenolic OH excluding ortho intramolecular Hbond substituents is 1. The summed E-state index contributed by atoms with van der Waals surface area (Å²) >= 11 is 2.17. The fourth-order valence-electron chi connectivity index (χ4n) is 2.36. The number of phenols is 1. The van der Waals surface area contributed by atoms with Crippen molar-refractivity contribution in [2.45, 2.75) is 51.4 Å². The quantitative estimate of drug-likeness (QED) is 0.653. The lowest BCUT2D eigenvalue weighted by atomic mass is 9.88. The molecule has 0 spiro atoms. The van der Waals surface area contributed by atoms with Crippen LogP contribution in [-0.2, 0) is 22.2 Å². The SMILES string of the molecule is CC(C)CCC[C@](C)(O)c1cc(I)c(CS(C)=O)cc1O. The van der Waals surface area contributed by atoms with E-state index in [0.717, 1.165) is 22.0 Å². The number of halogens is 1. The minimum Gasteiger partial charge on any atom is -0.508 e. The van der Waals surface area contributed by atoms with Crippen molar-refractivity contribution in [3.05, 3.63) is 26.8 Å². The van der Waals surface area contributed by atoms with Gasteiger partial charge in [0.1, 0.15) is 5.75 Å². The van der Waals surface area contributed by atoms with Gasteiger partial charge in [-0.25, -0.2) is 0 Å². The molecule has 2 atom stereocenters. The van der Waals surface area contributed by atoms with Gasteiger partial charge in [0.05, 0.1) is 5.60 Å². The van der Waals surface area contributed by atoms with Crippen LogP contribution in [0.1, 0.15) is 51.2 Å². The average molecular weight is 424 g/mol. The third-order valence-corrected chi connectivity index (χ3v) is 5.27. The molecule has 1 aromatic rings. The maximum Gasteiger partial charge on any atom is 0.122 e.